The van der Waals surface area contributed by atoms with Crippen LogP contribution in [-0.4, -0.2) is 12.7 Å². The third kappa shape index (κ3) is 0.796. The van der Waals surface area contributed by atoms with Crippen molar-refractivity contribution in [3.05, 3.63) is 22.7 Å². The van der Waals surface area contributed by atoms with E-state index in [2.05, 4.69) is 4.99 Å². The van der Waals surface area contributed by atoms with Gasteiger partial charge in [-0.2, -0.15) is 0 Å². The molecule has 1 aromatic rings. The second kappa shape index (κ2) is 2.10. The van der Waals surface area contributed by atoms with E-state index in [-0.39, 0.29) is 12.7 Å². The molecule has 1 aromatic carbocycles. The SMILES string of the molecule is O=C1C=c2ccc3c(c2=N1)OCO3. The number of ether oxygens (including phenoxy) is 2. The number of hydrogen-bond donors (Lipinski definition) is 0. The van der Waals surface area contributed by atoms with Gasteiger partial charge in [0.15, 0.2) is 11.5 Å². The van der Waals surface area contributed by atoms with Gasteiger partial charge < -0.3 is 9.47 Å². The number of amides is 1. The molecule has 3 rings (SSSR count). The van der Waals surface area contributed by atoms with E-state index in [0.717, 1.165) is 5.22 Å². The highest BCUT2D eigenvalue weighted by Gasteiger charge is 2.18. The maximum Gasteiger partial charge on any atom is 0.271 e. The molecule has 0 bridgehead atoms. The van der Waals surface area contributed by atoms with Gasteiger partial charge in [-0.3, -0.25) is 4.79 Å². The Morgan fingerprint density at radius 3 is 3.15 bits per heavy atom. The van der Waals surface area contributed by atoms with Crippen LogP contribution in [0.3, 0.4) is 0 Å². The zero-order valence-electron chi connectivity index (χ0n) is 6.61. The lowest BCUT2D eigenvalue weighted by atomic mass is 10.2. The normalized spacial score (nSPS) is 16.5. The van der Waals surface area contributed by atoms with Crippen LogP contribution in [0.2, 0.25) is 0 Å². The minimum Gasteiger partial charge on any atom is -0.454 e. The summed E-state index contributed by atoms with van der Waals surface area (Å²) in [5.41, 5.74) is 0. The molecule has 0 aliphatic carbocycles. The van der Waals surface area contributed by atoms with Gasteiger partial charge in [0.1, 0.15) is 5.36 Å². The zero-order chi connectivity index (χ0) is 8.84. The van der Waals surface area contributed by atoms with Gasteiger partial charge in [-0.15, -0.1) is 0 Å². The number of fused-ring (bicyclic) bond motifs is 3. The number of benzene rings is 1. The summed E-state index contributed by atoms with van der Waals surface area (Å²) in [7, 11) is 0. The van der Waals surface area contributed by atoms with Crippen LogP contribution in [0.1, 0.15) is 0 Å². The highest BCUT2D eigenvalue weighted by Crippen LogP contribution is 2.26. The molecule has 0 unspecified atom stereocenters. The first kappa shape index (κ1) is 6.65. The van der Waals surface area contributed by atoms with Crippen LogP contribution in [0.4, 0.5) is 0 Å². The third-order valence-electron chi connectivity index (χ3n) is 2.05. The molecule has 0 spiro atoms. The van der Waals surface area contributed by atoms with E-state index in [1.807, 2.05) is 0 Å². The van der Waals surface area contributed by atoms with Crippen LogP contribution in [0, 0.1) is 0 Å². The summed E-state index contributed by atoms with van der Waals surface area (Å²) >= 11 is 0. The van der Waals surface area contributed by atoms with Crippen LogP contribution in [0.5, 0.6) is 11.5 Å². The molecule has 0 N–H and O–H groups in total. The summed E-state index contributed by atoms with van der Waals surface area (Å²) in [6.07, 6.45) is 1.48. The monoisotopic (exact) mass is 175 g/mol. The number of nitrogens with zero attached hydrogens (tertiary/aromatic N) is 1. The van der Waals surface area contributed by atoms with Gasteiger partial charge >= 0.3 is 0 Å². The smallest absolute Gasteiger partial charge is 0.271 e. The summed E-state index contributed by atoms with van der Waals surface area (Å²) in [4.78, 5) is 14.8. The Bertz CT molecular complexity index is 518. The molecule has 1 amide bonds. The van der Waals surface area contributed by atoms with E-state index in [0.29, 0.717) is 16.9 Å². The molecule has 0 fully saturated rings. The fourth-order valence-electron chi connectivity index (χ4n) is 1.48. The fourth-order valence-corrected chi connectivity index (χ4v) is 1.48. The van der Waals surface area contributed by atoms with E-state index in [4.69, 9.17) is 9.47 Å². The lowest BCUT2D eigenvalue weighted by molar-refractivity contribution is -0.112. The van der Waals surface area contributed by atoms with E-state index in [1.165, 1.54) is 6.08 Å². The van der Waals surface area contributed by atoms with E-state index in [9.17, 15) is 4.79 Å². The number of rotatable bonds is 0. The van der Waals surface area contributed by atoms with Crippen LogP contribution in [-0.2, 0) is 4.79 Å². The molecule has 13 heavy (non-hydrogen) atoms. The van der Waals surface area contributed by atoms with Crippen molar-refractivity contribution in [2.24, 2.45) is 4.99 Å². The molecule has 2 heterocycles. The van der Waals surface area contributed by atoms with Crippen LogP contribution in [0.15, 0.2) is 17.1 Å². The first-order chi connectivity index (χ1) is 6.34. The van der Waals surface area contributed by atoms with Crippen molar-refractivity contribution >= 4 is 12.0 Å². The molecule has 2 aliphatic rings. The number of hydrogen-bond acceptors (Lipinski definition) is 3. The molecule has 0 aromatic heterocycles. The molecule has 0 saturated carbocycles. The van der Waals surface area contributed by atoms with E-state index < -0.39 is 0 Å². The highest BCUT2D eigenvalue weighted by molar-refractivity contribution is 6.06. The topological polar surface area (TPSA) is 47.9 Å². The maximum atomic E-state index is 11.0. The first-order valence-corrected chi connectivity index (χ1v) is 3.87. The van der Waals surface area contributed by atoms with Gasteiger partial charge in [-0.05, 0) is 12.1 Å². The first-order valence-electron chi connectivity index (χ1n) is 3.87. The van der Waals surface area contributed by atoms with E-state index >= 15 is 0 Å². The number of carbonyl (C=O) groups is 1. The second-order valence-electron chi connectivity index (χ2n) is 2.83. The summed E-state index contributed by atoms with van der Waals surface area (Å²) in [5, 5.41) is 1.40. The van der Waals surface area contributed by atoms with Crippen molar-refractivity contribution in [3.8, 4) is 11.5 Å². The molecule has 64 valence electrons. The Labute approximate surface area is 73.1 Å². The Morgan fingerprint density at radius 1 is 1.31 bits per heavy atom. The summed E-state index contributed by atoms with van der Waals surface area (Å²) in [6.45, 7) is 0.204. The average Bonchev–Trinajstić information content (AvgIpc) is 2.65. The van der Waals surface area contributed by atoms with Crippen LogP contribution in [0.25, 0.3) is 6.08 Å². The Kier molecular flexibility index (Phi) is 1.07. The van der Waals surface area contributed by atoms with Crippen molar-refractivity contribution in [1.29, 1.82) is 0 Å². The molecule has 0 atom stereocenters. The average molecular weight is 175 g/mol. The van der Waals surface area contributed by atoms with Gasteiger partial charge in [0.25, 0.3) is 5.91 Å². The van der Waals surface area contributed by atoms with Gasteiger partial charge in [0, 0.05) is 11.3 Å². The third-order valence-corrected chi connectivity index (χ3v) is 2.05. The Morgan fingerprint density at radius 2 is 2.23 bits per heavy atom. The van der Waals surface area contributed by atoms with Crippen molar-refractivity contribution in [2.75, 3.05) is 6.79 Å². The largest absolute Gasteiger partial charge is 0.454 e. The number of carbonyl (C=O) groups excluding carboxylic acids is 1. The summed E-state index contributed by atoms with van der Waals surface area (Å²) < 4.78 is 10.4. The Hall–Kier alpha value is -1.84. The van der Waals surface area contributed by atoms with Gasteiger partial charge in [0.05, 0.1) is 0 Å². The molecular weight excluding hydrogens is 170 g/mol. The molecule has 4 nitrogen and oxygen atoms in total. The van der Waals surface area contributed by atoms with Gasteiger partial charge in [-0.25, -0.2) is 4.99 Å². The molecule has 4 heteroatoms. The van der Waals surface area contributed by atoms with Crippen molar-refractivity contribution in [2.45, 2.75) is 0 Å². The molecule has 0 saturated heterocycles. The predicted octanol–water partition coefficient (Wildman–Crippen LogP) is -0.644. The summed E-state index contributed by atoms with van der Waals surface area (Å²) in [6, 6.07) is 3.59. The predicted molar refractivity (Wildman–Crippen MR) is 42.8 cm³/mol. The van der Waals surface area contributed by atoms with Gasteiger partial charge in [0.2, 0.25) is 6.79 Å². The van der Waals surface area contributed by atoms with Crippen molar-refractivity contribution in [1.82, 2.24) is 0 Å². The van der Waals surface area contributed by atoms with Crippen LogP contribution >= 0.6 is 0 Å². The molecular formula is C9H5NO3. The lowest BCUT2D eigenvalue weighted by Gasteiger charge is -1.92. The molecule has 2 aliphatic heterocycles. The van der Waals surface area contributed by atoms with E-state index in [1.54, 1.807) is 12.1 Å². The Balaban J connectivity index is 2.47. The van der Waals surface area contributed by atoms with Crippen molar-refractivity contribution in [3.63, 3.8) is 0 Å². The summed E-state index contributed by atoms with van der Waals surface area (Å²) in [5.74, 6) is 1.00. The second-order valence-corrected chi connectivity index (χ2v) is 2.83. The van der Waals surface area contributed by atoms with Crippen LogP contribution < -0.4 is 20.0 Å². The quantitative estimate of drug-likeness (QED) is 0.526. The maximum absolute atomic E-state index is 11.0. The van der Waals surface area contributed by atoms with Crippen molar-refractivity contribution < 1.29 is 14.3 Å². The zero-order valence-corrected chi connectivity index (χ0v) is 6.61. The molecule has 0 radical (unpaired) electrons. The minimum absolute atomic E-state index is 0.204. The lowest BCUT2D eigenvalue weighted by Crippen LogP contribution is -2.21. The van der Waals surface area contributed by atoms with Gasteiger partial charge in [-0.1, -0.05) is 0 Å². The standard InChI is InChI=1S/C9H5NO3/c11-7-3-5-1-2-6-9(8(5)10-7)13-4-12-6/h1-3H,4H2. The minimum atomic E-state index is -0.237. The highest BCUT2D eigenvalue weighted by atomic mass is 16.7. The fraction of sp³-hybridized carbons (Fsp3) is 0.111.